The number of nitrogens with one attached hydrogen (secondary N) is 1. The summed E-state index contributed by atoms with van der Waals surface area (Å²) < 4.78 is 10.8. The fraction of sp³-hybridized carbons (Fsp3) is 0.611. The number of nitrogens with two attached hydrogens (primary N) is 1. The molecule has 0 aliphatic carbocycles. The summed E-state index contributed by atoms with van der Waals surface area (Å²) in [5.41, 5.74) is 7.12. The molecular weight excluding hydrogens is 306 g/mol. The van der Waals surface area contributed by atoms with Crippen molar-refractivity contribution in [1.82, 2.24) is 10.2 Å². The molecule has 2 fully saturated rings. The number of methoxy groups -OCH3 is 1. The van der Waals surface area contributed by atoms with Gasteiger partial charge in [0, 0.05) is 25.2 Å². The molecular formula is C18H27N3O3. The fourth-order valence-electron chi connectivity index (χ4n) is 3.56. The van der Waals surface area contributed by atoms with Crippen LogP contribution < -0.4 is 15.8 Å². The van der Waals surface area contributed by atoms with Gasteiger partial charge in [0.1, 0.15) is 5.75 Å². The molecule has 1 aromatic rings. The van der Waals surface area contributed by atoms with Gasteiger partial charge in [0.05, 0.1) is 25.9 Å². The predicted molar refractivity (Wildman–Crippen MR) is 92.0 cm³/mol. The molecule has 4 atom stereocenters. The van der Waals surface area contributed by atoms with Gasteiger partial charge in [0.15, 0.2) is 0 Å². The van der Waals surface area contributed by atoms with Crippen LogP contribution >= 0.6 is 0 Å². The van der Waals surface area contributed by atoms with E-state index in [1.54, 1.807) is 7.11 Å². The molecule has 0 bridgehead atoms. The zero-order valence-corrected chi connectivity index (χ0v) is 14.4. The fourth-order valence-corrected chi connectivity index (χ4v) is 3.56. The minimum atomic E-state index is -0.536. The zero-order chi connectivity index (χ0) is 17.1. The maximum Gasteiger partial charge on any atom is 0.237 e. The van der Waals surface area contributed by atoms with Crippen molar-refractivity contribution in [1.29, 1.82) is 0 Å². The second kappa shape index (κ2) is 7.51. The average molecular weight is 333 g/mol. The van der Waals surface area contributed by atoms with Crippen molar-refractivity contribution >= 4 is 5.91 Å². The van der Waals surface area contributed by atoms with Crippen LogP contribution in [0.5, 0.6) is 5.75 Å². The largest absolute Gasteiger partial charge is 0.497 e. The van der Waals surface area contributed by atoms with Crippen LogP contribution in [-0.2, 0) is 16.0 Å². The Morgan fingerprint density at radius 1 is 1.42 bits per heavy atom. The van der Waals surface area contributed by atoms with Crippen molar-refractivity contribution in [2.24, 2.45) is 5.73 Å². The Bertz CT molecular complexity index is 563. The molecule has 1 amide bonds. The maximum atomic E-state index is 12.4. The number of carbonyl (C=O) groups excluding carboxylic acids is 1. The van der Waals surface area contributed by atoms with E-state index in [2.05, 4.69) is 17.1 Å². The van der Waals surface area contributed by atoms with E-state index in [1.165, 1.54) is 0 Å². The lowest BCUT2D eigenvalue weighted by Gasteiger charge is -2.33. The van der Waals surface area contributed by atoms with Crippen LogP contribution in [0.15, 0.2) is 24.3 Å². The second-order valence-corrected chi connectivity index (χ2v) is 6.85. The highest BCUT2D eigenvalue weighted by atomic mass is 16.5. The summed E-state index contributed by atoms with van der Waals surface area (Å²) in [5, 5.41) is 3.11. The molecule has 2 saturated heterocycles. The monoisotopic (exact) mass is 333 g/mol. The number of fused-ring (bicyclic) bond motifs is 1. The lowest BCUT2D eigenvalue weighted by Crippen LogP contribution is -2.47. The number of carbonyl (C=O) groups is 1. The van der Waals surface area contributed by atoms with E-state index in [1.807, 2.05) is 24.3 Å². The van der Waals surface area contributed by atoms with Crippen LogP contribution in [0.3, 0.4) is 0 Å². The SMILES string of the molecule is COc1ccc(C[C@H](N)C(=O)N[C@H]2C[C@H]3CO[C@H](C)CN3C2)cc1. The third kappa shape index (κ3) is 4.06. The summed E-state index contributed by atoms with van der Waals surface area (Å²) in [6.45, 7) is 4.67. The van der Waals surface area contributed by atoms with E-state index in [-0.39, 0.29) is 18.1 Å². The minimum Gasteiger partial charge on any atom is -0.497 e. The molecule has 2 aliphatic heterocycles. The molecule has 2 aliphatic rings. The van der Waals surface area contributed by atoms with E-state index in [0.29, 0.717) is 12.5 Å². The average Bonchev–Trinajstić information content (AvgIpc) is 2.96. The van der Waals surface area contributed by atoms with Crippen molar-refractivity contribution in [3.05, 3.63) is 29.8 Å². The zero-order valence-electron chi connectivity index (χ0n) is 14.4. The lowest BCUT2D eigenvalue weighted by molar-refractivity contribution is -0.122. The number of benzene rings is 1. The summed E-state index contributed by atoms with van der Waals surface area (Å²) in [7, 11) is 1.63. The van der Waals surface area contributed by atoms with Crippen LogP contribution in [0.25, 0.3) is 0 Å². The van der Waals surface area contributed by atoms with Gasteiger partial charge in [0.2, 0.25) is 5.91 Å². The van der Waals surface area contributed by atoms with Gasteiger partial charge >= 0.3 is 0 Å². The van der Waals surface area contributed by atoms with E-state index in [0.717, 1.165) is 37.4 Å². The predicted octanol–water partition coefficient (Wildman–Crippen LogP) is 0.543. The van der Waals surface area contributed by atoms with Crippen molar-refractivity contribution in [3.63, 3.8) is 0 Å². The van der Waals surface area contributed by atoms with E-state index >= 15 is 0 Å². The van der Waals surface area contributed by atoms with Crippen molar-refractivity contribution in [2.45, 2.75) is 44.0 Å². The first-order valence-corrected chi connectivity index (χ1v) is 8.59. The first-order valence-electron chi connectivity index (χ1n) is 8.59. The molecule has 6 heteroatoms. The molecule has 0 saturated carbocycles. The highest BCUT2D eigenvalue weighted by Crippen LogP contribution is 2.23. The number of hydrogen-bond donors (Lipinski definition) is 2. The Morgan fingerprint density at radius 3 is 2.88 bits per heavy atom. The number of amides is 1. The molecule has 0 spiro atoms. The van der Waals surface area contributed by atoms with Crippen molar-refractivity contribution < 1.29 is 14.3 Å². The Labute approximate surface area is 143 Å². The first-order chi connectivity index (χ1) is 11.5. The highest BCUT2D eigenvalue weighted by Gasteiger charge is 2.37. The van der Waals surface area contributed by atoms with Crippen LogP contribution in [0.2, 0.25) is 0 Å². The van der Waals surface area contributed by atoms with E-state index in [9.17, 15) is 4.79 Å². The molecule has 3 rings (SSSR count). The molecule has 0 radical (unpaired) electrons. The normalized spacial score (nSPS) is 28.2. The van der Waals surface area contributed by atoms with Gasteiger partial charge in [-0.15, -0.1) is 0 Å². The topological polar surface area (TPSA) is 76.8 Å². The maximum absolute atomic E-state index is 12.4. The Hall–Kier alpha value is -1.63. The second-order valence-electron chi connectivity index (χ2n) is 6.85. The molecule has 6 nitrogen and oxygen atoms in total. The van der Waals surface area contributed by atoms with Gasteiger partial charge < -0.3 is 20.5 Å². The molecule has 132 valence electrons. The highest BCUT2D eigenvalue weighted by molar-refractivity contribution is 5.82. The smallest absolute Gasteiger partial charge is 0.237 e. The first kappa shape index (κ1) is 17.2. The van der Waals surface area contributed by atoms with Gasteiger partial charge in [-0.1, -0.05) is 12.1 Å². The lowest BCUT2D eigenvalue weighted by atomic mass is 10.1. The Balaban J connectivity index is 1.49. The van der Waals surface area contributed by atoms with Crippen LogP contribution in [0, 0.1) is 0 Å². The Kier molecular flexibility index (Phi) is 5.38. The summed E-state index contributed by atoms with van der Waals surface area (Å²) >= 11 is 0. The summed E-state index contributed by atoms with van der Waals surface area (Å²) in [4.78, 5) is 14.8. The summed E-state index contributed by atoms with van der Waals surface area (Å²) in [5.74, 6) is 0.723. The van der Waals surface area contributed by atoms with Crippen molar-refractivity contribution in [2.75, 3.05) is 26.8 Å². The minimum absolute atomic E-state index is 0.0790. The van der Waals surface area contributed by atoms with Crippen LogP contribution in [-0.4, -0.2) is 61.8 Å². The quantitative estimate of drug-likeness (QED) is 0.823. The van der Waals surface area contributed by atoms with Crippen LogP contribution in [0.1, 0.15) is 18.9 Å². The van der Waals surface area contributed by atoms with Crippen LogP contribution in [0.4, 0.5) is 0 Å². The third-order valence-corrected chi connectivity index (χ3v) is 4.89. The molecule has 3 N–H and O–H groups in total. The molecule has 0 aromatic heterocycles. The number of nitrogens with zero attached hydrogens (tertiary/aromatic N) is 1. The number of rotatable bonds is 5. The van der Waals surface area contributed by atoms with Gasteiger partial charge in [0.25, 0.3) is 0 Å². The standard InChI is InChI=1S/C18H27N3O3/c1-12-9-21-10-14(8-15(21)11-24-12)20-18(22)17(19)7-13-3-5-16(23-2)6-4-13/h3-6,12,14-15,17H,7-11,19H2,1-2H3,(H,20,22)/t12-,14+,15+,17+/m1/s1. The third-order valence-electron chi connectivity index (χ3n) is 4.89. The number of ether oxygens (including phenoxy) is 2. The van der Waals surface area contributed by atoms with E-state index < -0.39 is 6.04 Å². The summed E-state index contributed by atoms with van der Waals surface area (Å²) in [6.07, 6.45) is 1.73. The van der Waals surface area contributed by atoms with Gasteiger partial charge in [-0.3, -0.25) is 9.69 Å². The molecule has 1 aromatic carbocycles. The van der Waals surface area contributed by atoms with Gasteiger partial charge in [-0.05, 0) is 37.5 Å². The molecule has 24 heavy (non-hydrogen) atoms. The molecule has 2 heterocycles. The van der Waals surface area contributed by atoms with E-state index in [4.69, 9.17) is 15.2 Å². The van der Waals surface area contributed by atoms with Gasteiger partial charge in [-0.25, -0.2) is 0 Å². The Morgan fingerprint density at radius 2 is 2.17 bits per heavy atom. The molecule has 0 unspecified atom stereocenters. The number of morpholine rings is 1. The van der Waals surface area contributed by atoms with Crippen molar-refractivity contribution in [3.8, 4) is 5.75 Å². The summed E-state index contributed by atoms with van der Waals surface area (Å²) in [6, 6.07) is 7.71. The number of hydrogen-bond acceptors (Lipinski definition) is 5. The van der Waals surface area contributed by atoms with Gasteiger partial charge in [-0.2, -0.15) is 0 Å².